The molecule has 0 nitrogen and oxygen atoms in total. The van der Waals surface area contributed by atoms with Gasteiger partial charge in [0, 0.05) is 0 Å². The second-order valence-electron chi connectivity index (χ2n) is 17.3. The van der Waals surface area contributed by atoms with Crippen LogP contribution < -0.4 is 24.8 Å². The van der Waals surface area contributed by atoms with Crippen LogP contribution in [0.5, 0.6) is 0 Å². The Balaban J connectivity index is 0.00000210. The van der Waals surface area contributed by atoms with Gasteiger partial charge in [-0.2, -0.15) is 0 Å². The van der Waals surface area contributed by atoms with Crippen molar-refractivity contribution in [3.63, 3.8) is 0 Å². The van der Waals surface area contributed by atoms with Gasteiger partial charge in [-0.15, -0.1) is 0 Å². The van der Waals surface area contributed by atoms with E-state index in [2.05, 4.69) is 175 Å². The van der Waals surface area contributed by atoms with E-state index in [0.29, 0.717) is 7.35 Å². The quantitative estimate of drug-likeness (QED) is 0.156. The summed E-state index contributed by atoms with van der Waals surface area (Å²) >= 11 is -3.30. The van der Waals surface area contributed by atoms with Crippen LogP contribution in [0.15, 0.2) is 132 Å². The first-order valence-corrected chi connectivity index (χ1v) is 28.0. The number of rotatable bonds is 4. The summed E-state index contributed by atoms with van der Waals surface area (Å²) in [5.41, 5.74) is 15.4. The van der Waals surface area contributed by atoms with Gasteiger partial charge < -0.3 is 24.8 Å². The first kappa shape index (κ1) is 37.1. The van der Waals surface area contributed by atoms with Gasteiger partial charge in [0.05, 0.1) is 0 Å². The Morgan fingerprint density at radius 3 is 1.19 bits per heavy atom. The molecule has 9 rings (SSSR count). The SMILES string of the molecule is CC(C)(C)C1=Cc2c(-c3cccc4ccccc34)cccc2[CH]1[Hf+2]1([CH]2C(C(C)(C)C)=Cc3c(-c4cccc5ccccc45)cccc32)[CH2]C[CH2]1.[Cl-].[Cl-]. The predicted octanol–water partition coefficient (Wildman–Crippen LogP) is 8.40. The molecule has 0 saturated carbocycles. The second kappa shape index (κ2) is 13.6. The number of halogens is 2. The molecule has 3 aliphatic rings. The number of benzene rings is 6. The number of fused-ring (bicyclic) bond motifs is 4. The van der Waals surface area contributed by atoms with E-state index < -0.39 is 20.0 Å². The molecule has 0 radical (unpaired) electrons. The van der Waals surface area contributed by atoms with Crippen molar-refractivity contribution in [2.45, 2.75) is 63.7 Å². The molecule has 0 N–H and O–H groups in total. The van der Waals surface area contributed by atoms with Crippen molar-refractivity contribution >= 4 is 33.7 Å². The van der Waals surface area contributed by atoms with Crippen molar-refractivity contribution in [3.05, 3.63) is 155 Å². The fraction of sp³-hybridized carbons (Fsp3) is 0.265. The summed E-state index contributed by atoms with van der Waals surface area (Å²) in [4.78, 5) is 0. The largest absolute Gasteiger partial charge is 1.00 e. The van der Waals surface area contributed by atoms with Crippen LogP contribution in [0.2, 0.25) is 8.35 Å². The zero-order valence-electron chi connectivity index (χ0n) is 31.2. The number of allylic oxidation sites excluding steroid dienone is 2. The summed E-state index contributed by atoms with van der Waals surface area (Å²) in [5, 5.41) is 5.34. The van der Waals surface area contributed by atoms with Crippen LogP contribution >= 0.6 is 0 Å². The van der Waals surface area contributed by atoms with E-state index in [1.807, 2.05) is 0 Å². The molecule has 2 aliphatic carbocycles. The third kappa shape index (κ3) is 5.73. The van der Waals surface area contributed by atoms with Crippen LogP contribution in [-0.2, 0) is 20.0 Å². The van der Waals surface area contributed by atoms with Crippen LogP contribution in [0.1, 0.15) is 77.6 Å². The molecule has 0 spiro atoms. The average molecular weight is 886 g/mol. The first-order valence-electron chi connectivity index (χ1n) is 18.7. The van der Waals surface area contributed by atoms with Gasteiger partial charge >= 0.3 is 305 Å². The molecule has 1 heterocycles. The molecule has 6 aromatic carbocycles. The maximum absolute atomic E-state index is 3.30. The molecule has 6 aromatic rings. The van der Waals surface area contributed by atoms with Crippen LogP contribution in [0, 0.1) is 10.8 Å². The standard InChI is InChI=1S/2C23H21.C3H6.2ClH.Hf/c2*1-23(2,3)18-14-17-10-7-13-21(22(17)15-18)20-12-6-9-16-8-4-5-11-19(16)20;1-3-2;;;/h2*4-15H,1-3H3;1-3H2;2*1H;/q;;;;;+2/p-2. The zero-order chi connectivity index (χ0) is 34.4. The molecular formula is C49H48Cl2Hf. The summed E-state index contributed by atoms with van der Waals surface area (Å²) in [6, 6.07) is 46.2. The van der Waals surface area contributed by atoms with E-state index in [9.17, 15) is 0 Å². The first-order chi connectivity index (χ1) is 24.1. The van der Waals surface area contributed by atoms with Gasteiger partial charge in [0.2, 0.25) is 0 Å². The summed E-state index contributed by atoms with van der Waals surface area (Å²) in [5.74, 6) is 0. The van der Waals surface area contributed by atoms with Crippen LogP contribution in [0.25, 0.3) is 56.0 Å². The van der Waals surface area contributed by atoms with Crippen LogP contribution in [-0.4, -0.2) is 0 Å². The van der Waals surface area contributed by atoms with Gasteiger partial charge in [-0.05, 0) is 0 Å². The van der Waals surface area contributed by atoms with Gasteiger partial charge in [-0.25, -0.2) is 0 Å². The third-order valence-corrected chi connectivity index (χ3v) is 34.4. The summed E-state index contributed by atoms with van der Waals surface area (Å²) in [6.45, 7) is 14.9. The van der Waals surface area contributed by atoms with Crippen molar-refractivity contribution in [2.24, 2.45) is 10.8 Å². The van der Waals surface area contributed by atoms with E-state index in [4.69, 9.17) is 0 Å². The Kier molecular flexibility index (Phi) is 9.68. The van der Waals surface area contributed by atoms with Crippen molar-refractivity contribution in [2.75, 3.05) is 0 Å². The van der Waals surface area contributed by atoms with Gasteiger partial charge in [0.25, 0.3) is 0 Å². The fourth-order valence-corrected chi connectivity index (χ4v) is 34.0. The minimum Gasteiger partial charge on any atom is -1.00 e. The second-order valence-corrected chi connectivity index (χ2v) is 33.9. The van der Waals surface area contributed by atoms with E-state index in [1.54, 1.807) is 22.3 Å². The molecule has 1 saturated heterocycles. The molecule has 0 aromatic heterocycles. The van der Waals surface area contributed by atoms with Crippen molar-refractivity contribution in [1.82, 2.24) is 0 Å². The van der Waals surface area contributed by atoms with E-state index in [0.717, 1.165) is 0 Å². The molecule has 1 aliphatic heterocycles. The maximum atomic E-state index is 2.68. The van der Waals surface area contributed by atoms with E-state index >= 15 is 0 Å². The van der Waals surface area contributed by atoms with Crippen molar-refractivity contribution in [1.29, 1.82) is 0 Å². The molecular weight excluding hydrogens is 838 g/mol. The normalized spacial score (nSPS) is 18.2. The third-order valence-electron chi connectivity index (χ3n) is 12.4. The molecule has 52 heavy (non-hydrogen) atoms. The predicted molar refractivity (Wildman–Crippen MR) is 213 cm³/mol. The Labute approximate surface area is 327 Å². The Bertz CT molecular complexity index is 2220. The van der Waals surface area contributed by atoms with Crippen molar-refractivity contribution < 1.29 is 44.8 Å². The van der Waals surface area contributed by atoms with Gasteiger partial charge in [0.15, 0.2) is 0 Å². The molecule has 0 bridgehead atoms. The maximum Gasteiger partial charge on any atom is -1.00 e. The summed E-state index contributed by atoms with van der Waals surface area (Å²) < 4.78 is 4.12. The molecule has 0 amide bonds. The topological polar surface area (TPSA) is 0 Å². The molecule has 2 atom stereocenters. The Morgan fingerprint density at radius 1 is 0.442 bits per heavy atom. The van der Waals surface area contributed by atoms with Crippen molar-refractivity contribution in [3.8, 4) is 22.3 Å². The minimum absolute atomic E-state index is 0. The van der Waals surface area contributed by atoms with Crippen LogP contribution in [0.3, 0.4) is 0 Å². The molecule has 262 valence electrons. The Morgan fingerprint density at radius 2 is 0.808 bits per heavy atom. The molecule has 2 unspecified atom stereocenters. The summed E-state index contributed by atoms with van der Waals surface area (Å²) in [7, 11) is 0. The average Bonchev–Trinajstić information content (AvgIpc) is 3.69. The molecule has 3 heteroatoms. The molecule has 1 fully saturated rings. The zero-order valence-corrected chi connectivity index (χ0v) is 36.3. The minimum atomic E-state index is -3.30. The van der Waals surface area contributed by atoms with E-state index in [1.165, 1.54) is 69.7 Å². The van der Waals surface area contributed by atoms with Gasteiger partial charge in [-0.3, -0.25) is 0 Å². The van der Waals surface area contributed by atoms with E-state index in [-0.39, 0.29) is 35.6 Å². The number of hydrogen-bond acceptors (Lipinski definition) is 0. The van der Waals surface area contributed by atoms with Gasteiger partial charge in [-0.1, -0.05) is 0 Å². The summed E-state index contributed by atoms with van der Waals surface area (Å²) in [6.07, 6.45) is 6.75. The van der Waals surface area contributed by atoms with Crippen LogP contribution in [0.4, 0.5) is 0 Å². The number of hydrogen-bond donors (Lipinski definition) is 0. The monoisotopic (exact) mass is 886 g/mol. The van der Waals surface area contributed by atoms with Gasteiger partial charge in [0.1, 0.15) is 0 Å². The Hall–Kier alpha value is -3.23. The smallest absolute Gasteiger partial charge is 1.00 e. The fourth-order valence-electron chi connectivity index (χ4n) is 10.1.